The zero-order valence-electron chi connectivity index (χ0n) is 18.6. The number of aliphatic hydroxyl groups is 2. The number of benzene rings is 1. The third kappa shape index (κ3) is 9.78. The van der Waals surface area contributed by atoms with E-state index >= 15 is 0 Å². The SMILES string of the molecule is CSCCC(N)C(=O)NC(CO)C(=O)NC(C(=O)NC(Cc1ccccc1)C(=O)O)C(C)O. The molecule has 1 aromatic carbocycles. The van der Waals surface area contributed by atoms with Crippen LogP contribution in [0.5, 0.6) is 0 Å². The first-order valence-electron chi connectivity index (χ1n) is 10.3. The van der Waals surface area contributed by atoms with E-state index in [0.717, 1.165) is 0 Å². The number of hydrogen-bond donors (Lipinski definition) is 7. The summed E-state index contributed by atoms with van der Waals surface area (Å²) >= 11 is 1.50. The van der Waals surface area contributed by atoms with Gasteiger partial charge in [0.2, 0.25) is 17.7 Å². The van der Waals surface area contributed by atoms with Crippen molar-refractivity contribution < 1.29 is 34.5 Å². The number of amides is 3. The van der Waals surface area contributed by atoms with E-state index in [-0.39, 0.29) is 6.42 Å². The molecule has 0 aliphatic rings. The summed E-state index contributed by atoms with van der Waals surface area (Å²) < 4.78 is 0. The second-order valence-electron chi connectivity index (χ2n) is 7.45. The van der Waals surface area contributed by atoms with E-state index in [0.29, 0.717) is 17.7 Å². The second kappa shape index (κ2) is 14.5. The Morgan fingerprint density at radius 3 is 2.12 bits per heavy atom. The average Bonchev–Trinajstić information content (AvgIpc) is 2.78. The second-order valence-corrected chi connectivity index (χ2v) is 8.43. The molecule has 5 unspecified atom stereocenters. The first kappa shape index (κ1) is 28.4. The van der Waals surface area contributed by atoms with Crippen LogP contribution in [0.2, 0.25) is 0 Å². The molecule has 0 spiro atoms. The number of aliphatic hydroxyl groups excluding tert-OH is 2. The number of nitrogens with two attached hydrogens (primary N) is 1. The van der Waals surface area contributed by atoms with Gasteiger partial charge in [-0.1, -0.05) is 30.3 Å². The number of nitrogens with one attached hydrogen (secondary N) is 3. The monoisotopic (exact) mass is 484 g/mol. The summed E-state index contributed by atoms with van der Waals surface area (Å²) in [7, 11) is 0. The van der Waals surface area contributed by atoms with Crippen LogP contribution >= 0.6 is 11.8 Å². The van der Waals surface area contributed by atoms with E-state index in [2.05, 4.69) is 16.0 Å². The van der Waals surface area contributed by atoms with E-state index in [1.165, 1.54) is 18.7 Å². The highest BCUT2D eigenvalue weighted by atomic mass is 32.2. The maximum absolute atomic E-state index is 12.7. The van der Waals surface area contributed by atoms with Gasteiger partial charge in [0.1, 0.15) is 18.1 Å². The van der Waals surface area contributed by atoms with E-state index in [9.17, 15) is 34.5 Å². The number of carboxylic acids is 1. The normalized spacial score (nSPS) is 15.4. The van der Waals surface area contributed by atoms with Crippen molar-refractivity contribution >= 4 is 35.5 Å². The minimum absolute atomic E-state index is 0.00829. The molecule has 0 aromatic heterocycles. The molecule has 0 saturated carbocycles. The zero-order valence-corrected chi connectivity index (χ0v) is 19.4. The molecular formula is C21H32N4O7S. The standard InChI is InChI=1S/C21H32N4O7S/c1-12(27)17(20(30)23-15(21(31)32)10-13-6-4-3-5-7-13)25-19(29)16(11-26)24-18(28)14(22)8-9-33-2/h3-7,12,14-17,26-27H,8-11,22H2,1-2H3,(H,23,30)(H,24,28)(H,25,29)(H,31,32). The molecule has 11 nitrogen and oxygen atoms in total. The van der Waals surface area contributed by atoms with Crippen LogP contribution in [-0.2, 0) is 25.6 Å². The van der Waals surface area contributed by atoms with Crippen molar-refractivity contribution in [2.24, 2.45) is 5.73 Å². The lowest BCUT2D eigenvalue weighted by molar-refractivity contribution is -0.143. The van der Waals surface area contributed by atoms with Gasteiger partial charge in [-0.05, 0) is 30.9 Å². The molecule has 12 heteroatoms. The summed E-state index contributed by atoms with van der Waals surface area (Å²) in [6, 6.07) is 3.50. The first-order valence-corrected chi connectivity index (χ1v) is 11.7. The highest BCUT2D eigenvalue weighted by Gasteiger charge is 2.32. The van der Waals surface area contributed by atoms with Gasteiger partial charge < -0.3 is 37.0 Å². The van der Waals surface area contributed by atoms with Crippen LogP contribution in [0.3, 0.4) is 0 Å². The molecule has 0 aliphatic heterocycles. The van der Waals surface area contributed by atoms with E-state index in [4.69, 9.17) is 5.73 Å². The van der Waals surface area contributed by atoms with Crippen LogP contribution in [0.15, 0.2) is 30.3 Å². The van der Waals surface area contributed by atoms with Gasteiger partial charge in [0, 0.05) is 6.42 Å². The molecule has 3 amide bonds. The molecule has 0 radical (unpaired) electrons. The Hall–Kier alpha value is -2.67. The predicted octanol–water partition coefficient (Wildman–Crippen LogP) is -1.78. The van der Waals surface area contributed by atoms with Gasteiger partial charge >= 0.3 is 5.97 Å². The molecular weight excluding hydrogens is 452 g/mol. The van der Waals surface area contributed by atoms with Crippen LogP contribution < -0.4 is 21.7 Å². The van der Waals surface area contributed by atoms with Crippen LogP contribution in [0.1, 0.15) is 18.9 Å². The summed E-state index contributed by atoms with van der Waals surface area (Å²) in [6.07, 6.45) is 0.818. The third-order valence-electron chi connectivity index (χ3n) is 4.75. The smallest absolute Gasteiger partial charge is 0.326 e. The van der Waals surface area contributed by atoms with Crippen LogP contribution in [0.25, 0.3) is 0 Å². The fourth-order valence-electron chi connectivity index (χ4n) is 2.82. The number of thioether (sulfide) groups is 1. The lowest BCUT2D eigenvalue weighted by atomic mass is 10.0. The van der Waals surface area contributed by atoms with E-state index < -0.39 is 60.6 Å². The minimum Gasteiger partial charge on any atom is -0.480 e. The van der Waals surface area contributed by atoms with E-state index in [1.807, 2.05) is 6.26 Å². The van der Waals surface area contributed by atoms with Gasteiger partial charge in [-0.15, -0.1) is 0 Å². The summed E-state index contributed by atoms with van der Waals surface area (Å²) in [5, 5.41) is 35.8. The molecule has 0 heterocycles. The molecule has 0 saturated heterocycles. The molecule has 33 heavy (non-hydrogen) atoms. The highest BCUT2D eigenvalue weighted by molar-refractivity contribution is 7.98. The van der Waals surface area contributed by atoms with Crippen molar-refractivity contribution in [2.45, 2.75) is 50.0 Å². The van der Waals surface area contributed by atoms with Gasteiger partial charge in [0.15, 0.2) is 0 Å². The molecule has 1 rings (SSSR count). The molecule has 5 atom stereocenters. The Morgan fingerprint density at radius 1 is 1.00 bits per heavy atom. The highest BCUT2D eigenvalue weighted by Crippen LogP contribution is 2.05. The van der Waals surface area contributed by atoms with Crippen molar-refractivity contribution in [1.82, 2.24) is 16.0 Å². The quantitative estimate of drug-likeness (QED) is 0.160. The van der Waals surface area contributed by atoms with Gasteiger partial charge in [-0.25, -0.2) is 4.79 Å². The summed E-state index contributed by atoms with van der Waals surface area (Å²) in [5.74, 6) is -3.17. The Morgan fingerprint density at radius 2 is 1.61 bits per heavy atom. The average molecular weight is 485 g/mol. The van der Waals surface area contributed by atoms with Gasteiger partial charge in [-0.2, -0.15) is 11.8 Å². The molecule has 0 aliphatic carbocycles. The first-order chi connectivity index (χ1) is 15.6. The fourth-order valence-corrected chi connectivity index (χ4v) is 3.31. The van der Waals surface area contributed by atoms with Gasteiger partial charge in [0.05, 0.1) is 18.8 Å². The van der Waals surface area contributed by atoms with Crippen molar-refractivity contribution in [3.63, 3.8) is 0 Å². The number of hydrogen-bond acceptors (Lipinski definition) is 8. The summed E-state index contributed by atoms with van der Waals surface area (Å²) in [4.78, 5) is 49.0. The van der Waals surface area contributed by atoms with Crippen LogP contribution in [-0.4, -0.2) is 87.9 Å². The van der Waals surface area contributed by atoms with Gasteiger partial charge in [-0.3, -0.25) is 14.4 Å². The number of carboxylic acid groups (broad SMARTS) is 1. The Balaban J connectivity index is 2.82. The zero-order chi connectivity index (χ0) is 25.0. The topological polar surface area (TPSA) is 191 Å². The van der Waals surface area contributed by atoms with Crippen LogP contribution in [0, 0.1) is 0 Å². The number of carbonyl (C=O) groups excluding carboxylic acids is 3. The molecule has 184 valence electrons. The van der Waals surface area contributed by atoms with Gasteiger partial charge in [0.25, 0.3) is 0 Å². The molecule has 0 fully saturated rings. The number of carbonyl (C=O) groups is 4. The minimum atomic E-state index is -1.52. The van der Waals surface area contributed by atoms with Crippen molar-refractivity contribution in [1.29, 1.82) is 0 Å². The summed E-state index contributed by atoms with van der Waals surface area (Å²) in [5.41, 5.74) is 6.42. The third-order valence-corrected chi connectivity index (χ3v) is 5.39. The molecule has 8 N–H and O–H groups in total. The van der Waals surface area contributed by atoms with Crippen molar-refractivity contribution in [3.05, 3.63) is 35.9 Å². The maximum Gasteiger partial charge on any atom is 0.326 e. The Kier molecular flexibility index (Phi) is 12.4. The largest absolute Gasteiger partial charge is 0.480 e. The summed E-state index contributed by atoms with van der Waals surface area (Å²) in [6.45, 7) is 0.467. The Bertz CT molecular complexity index is 794. The number of aliphatic carboxylic acids is 1. The fraction of sp³-hybridized carbons (Fsp3) is 0.524. The number of rotatable bonds is 14. The van der Waals surface area contributed by atoms with Crippen molar-refractivity contribution in [2.75, 3.05) is 18.6 Å². The van der Waals surface area contributed by atoms with Crippen LogP contribution in [0.4, 0.5) is 0 Å². The van der Waals surface area contributed by atoms with E-state index in [1.54, 1.807) is 30.3 Å². The predicted molar refractivity (Wildman–Crippen MR) is 123 cm³/mol. The Labute approximate surface area is 196 Å². The molecule has 1 aromatic rings. The lowest BCUT2D eigenvalue weighted by Gasteiger charge is -2.26. The maximum atomic E-state index is 12.7. The lowest BCUT2D eigenvalue weighted by Crippen LogP contribution is -2.60. The van der Waals surface area contributed by atoms with Crippen molar-refractivity contribution in [3.8, 4) is 0 Å². The molecule has 0 bridgehead atoms.